The fourth-order valence-corrected chi connectivity index (χ4v) is 1.52. The molecule has 1 heterocycles. The molecular formula is C11H10F3NO4. The summed E-state index contributed by atoms with van der Waals surface area (Å²) in [6.45, 7) is -0.183. The number of rotatable bonds is 4. The van der Waals surface area contributed by atoms with Crippen LogP contribution in [0.3, 0.4) is 0 Å². The van der Waals surface area contributed by atoms with Gasteiger partial charge in [-0.2, -0.15) is 4.39 Å². The molecule has 2 unspecified atom stereocenters. The zero-order valence-corrected chi connectivity index (χ0v) is 9.50. The highest BCUT2D eigenvalue weighted by Crippen LogP contribution is 2.26. The summed E-state index contributed by atoms with van der Waals surface area (Å²) >= 11 is 0. The molecule has 1 saturated heterocycles. The van der Waals surface area contributed by atoms with Crippen LogP contribution in [0.1, 0.15) is 0 Å². The van der Waals surface area contributed by atoms with Crippen molar-refractivity contribution in [3.63, 3.8) is 0 Å². The first kappa shape index (κ1) is 13.6. The average molecular weight is 277 g/mol. The maximum absolute atomic E-state index is 12.7. The number of anilines is 1. The highest BCUT2D eigenvalue weighted by atomic mass is 19.3. The minimum Gasteiger partial charge on any atom is -0.454 e. The Morgan fingerprint density at radius 1 is 1.42 bits per heavy atom. The molecule has 1 aromatic carbocycles. The molecule has 1 aliphatic rings. The van der Waals surface area contributed by atoms with E-state index in [1.807, 2.05) is 0 Å². The van der Waals surface area contributed by atoms with Crippen LogP contribution in [-0.2, 0) is 9.53 Å². The van der Waals surface area contributed by atoms with E-state index in [9.17, 15) is 18.0 Å². The summed E-state index contributed by atoms with van der Waals surface area (Å²) in [4.78, 5) is 12.5. The molecule has 5 nitrogen and oxygen atoms in total. The number of nitrogens with zero attached hydrogens (tertiary/aromatic N) is 1. The van der Waals surface area contributed by atoms with Gasteiger partial charge in [0.2, 0.25) is 6.29 Å². The van der Waals surface area contributed by atoms with Gasteiger partial charge in [-0.25, -0.2) is 8.78 Å². The Hall–Kier alpha value is -1.80. The van der Waals surface area contributed by atoms with Gasteiger partial charge < -0.3 is 14.6 Å². The zero-order chi connectivity index (χ0) is 14.0. The van der Waals surface area contributed by atoms with E-state index in [2.05, 4.69) is 9.47 Å². The molecule has 2 atom stereocenters. The number of ether oxygens (including phenoxy) is 2. The molecular weight excluding hydrogens is 267 g/mol. The van der Waals surface area contributed by atoms with Crippen LogP contribution in [0.4, 0.5) is 18.9 Å². The number of alkyl halides is 3. The number of hydrogen-bond donors (Lipinski definition) is 1. The zero-order valence-electron chi connectivity index (χ0n) is 9.50. The van der Waals surface area contributed by atoms with Crippen LogP contribution in [0.25, 0.3) is 0 Å². The Kier molecular flexibility index (Phi) is 3.91. The number of carbonyl (C=O) groups is 1. The van der Waals surface area contributed by atoms with E-state index in [1.165, 1.54) is 24.3 Å². The summed E-state index contributed by atoms with van der Waals surface area (Å²) in [5.41, 5.74) is 0.250. The second-order valence-electron chi connectivity index (χ2n) is 3.72. The molecule has 0 saturated carbocycles. The summed E-state index contributed by atoms with van der Waals surface area (Å²) in [5.74, 6) is -0.845. The van der Waals surface area contributed by atoms with Crippen LogP contribution in [-0.4, -0.2) is 36.8 Å². The van der Waals surface area contributed by atoms with Crippen LogP contribution >= 0.6 is 0 Å². The van der Waals surface area contributed by atoms with E-state index >= 15 is 0 Å². The normalized spacial score (nSPS) is 21.0. The van der Waals surface area contributed by atoms with Gasteiger partial charge in [-0.15, -0.1) is 0 Å². The number of halogens is 3. The van der Waals surface area contributed by atoms with E-state index in [4.69, 9.17) is 5.11 Å². The smallest absolute Gasteiger partial charge is 0.304 e. The Morgan fingerprint density at radius 3 is 2.74 bits per heavy atom. The van der Waals surface area contributed by atoms with Crippen molar-refractivity contribution in [2.45, 2.75) is 19.1 Å². The summed E-state index contributed by atoms with van der Waals surface area (Å²) in [6.07, 6.45) is -7.56. The van der Waals surface area contributed by atoms with Crippen molar-refractivity contribution in [3.05, 3.63) is 24.3 Å². The second kappa shape index (κ2) is 5.45. The molecule has 104 valence electrons. The van der Waals surface area contributed by atoms with E-state index in [0.717, 1.165) is 4.90 Å². The second-order valence-corrected chi connectivity index (χ2v) is 3.72. The van der Waals surface area contributed by atoms with E-state index < -0.39 is 25.0 Å². The maximum Gasteiger partial charge on any atom is 0.304 e. The predicted octanol–water partition coefficient (Wildman–Crippen LogP) is 1.27. The lowest BCUT2D eigenvalue weighted by molar-refractivity contribution is -0.139. The molecule has 0 radical (unpaired) electrons. The number of aliphatic hydroxyl groups is 1. The predicted molar refractivity (Wildman–Crippen MR) is 57.4 cm³/mol. The Labute approximate surface area is 106 Å². The summed E-state index contributed by atoms with van der Waals surface area (Å²) in [5, 5.41) is 9.11. The number of benzene rings is 1. The first-order chi connectivity index (χ1) is 8.99. The van der Waals surface area contributed by atoms with Gasteiger partial charge in [0, 0.05) is 11.8 Å². The van der Waals surface area contributed by atoms with Crippen LogP contribution in [0.2, 0.25) is 0 Å². The third-order valence-electron chi connectivity index (χ3n) is 2.41. The molecule has 0 spiro atoms. The molecule has 8 heteroatoms. The Balaban J connectivity index is 2.13. The Bertz CT molecular complexity index is 471. The first-order valence-electron chi connectivity index (χ1n) is 5.29. The van der Waals surface area contributed by atoms with Gasteiger partial charge in [0.25, 0.3) is 12.3 Å². The molecule has 1 aromatic rings. The van der Waals surface area contributed by atoms with Gasteiger partial charge in [0.05, 0.1) is 0 Å². The third kappa shape index (κ3) is 2.96. The van der Waals surface area contributed by atoms with Gasteiger partial charge in [0.1, 0.15) is 12.5 Å². The van der Waals surface area contributed by atoms with Crippen molar-refractivity contribution in [2.75, 3.05) is 11.6 Å². The third-order valence-corrected chi connectivity index (χ3v) is 2.41. The topological polar surface area (TPSA) is 59.0 Å². The maximum atomic E-state index is 12.7. The molecule has 0 bridgehead atoms. The minimum absolute atomic E-state index is 0.153. The fourth-order valence-electron chi connectivity index (χ4n) is 1.52. The van der Waals surface area contributed by atoms with Gasteiger partial charge in [0.15, 0.2) is 0 Å². The fraction of sp³-hybridized carbons (Fsp3) is 0.364. The van der Waals surface area contributed by atoms with Crippen molar-refractivity contribution >= 4 is 11.6 Å². The van der Waals surface area contributed by atoms with E-state index in [0.29, 0.717) is 0 Å². The molecule has 19 heavy (non-hydrogen) atoms. The van der Waals surface area contributed by atoms with Gasteiger partial charge >= 0.3 is 6.43 Å². The lowest BCUT2D eigenvalue weighted by Gasteiger charge is -2.16. The summed E-state index contributed by atoms with van der Waals surface area (Å²) < 4.78 is 45.8. The number of amides is 1. The first-order valence-corrected chi connectivity index (χ1v) is 5.29. The highest BCUT2D eigenvalue weighted by molar-refractivity contribution is 5.97. The minimum atomic E-state index is -3.26. The molecule has 1 aliphatic heterocycles. The van der Waals surface area contributed by atoms with Gasteiger partial charge in [-0.1, -0.05) is 6.07 Å². The van der Waals surface area contributed by atoms with Gasteiger partial charge in [-0.05, 0) is 12.1 Å². The molecule has 0 aromatic heterocycles. The summed E-state index contributed by atoms with van der Waals surface area (Å²) in [6, 6.07) is 5.35. The number of hydrogen-bond acceptors (Lipinski definition) is 4. The van der Waals surface area contributed by atoms with Crippen molar-refractivity contribution < 1.29 is 32.5 Å². The highest BCUT2D eigenvalue weighted by Gasteiger charge is 2.32. The number of carbonyl (C=O) groups excluding carboxylic acids is 1. The van der Waals surface area contributed by atoms with Crippen LogP contribution < -0.4 is 9.64 Å². The number of aliphatic hydroxyl groups excluding tert-OH is 1. The van der Waals surface area contributed by atoms with Crippen LogP contribution in [0, 0.1) is 0 Å². The largest absolute Gasteiger partial charge is 0.454 e. The molecule has 1 amide bonds. The molecule has 2 rings (SSSR count). The average Bonchev–Trinajstić information content (AvgIpc) is 2.70. The van der Waals surface area contributed by atoms with Crippen molar-refractivity contribution in [2.24, 2.45) is 0 Å². The molecule has 1 fully saturated rings. The quantitative estimate of drug-likeness (QED) is 0.900. The SMILES string of the molecule is O=C1C(O)OCN1c1cccc(OC(F)C(F)F)c1. The summed E-state index contributed by atoms with van der Waals surface area (Å²) in [7, 11) is 0. The van der Waals surface area contributed by atoms with E-state index in [-0.39, 0.29) is 18.2 Å². The standard InChI is InChI=1S/C11H10F3NO4/c12-8(13)9(14)19-7-3-1-2-6(4-7)15-5-18-11(17)10(15)16/h1-4,8-9,11,17H,5H2. The molecule has 1 N–H and O–H groups in total. The van der Waals surface area contributed by atoms with Crippen molar-refractivity contribution in [1.29, 1.82) is 0 Å². The lowest BCUT2D eigenvalue weighted by Crippen LogP contribution is -2.29. The van der Waals surface area contributed by atoms with Crippen molar-refractivity contribution in [1.82, 2.24) is 0 Å². The molecule has 0 aliphatic carbocycles. The Morgan fingerprint density at radius 2 is 2.16 bits per heavy atom. The monoisotopic (exact) mass is 277 g/mol. The lowest BCUT2D eigenvalue weighted by atomic mass is 10.3. The van der Waals surface area contributed by atoms with Gasteiger partial charge in [-0.3, -0.25) is 9.69 Å². The van der Waals surface area contributed by atoms with Crippen LogP contribution in [0.5, 0.6) is 5.75 Å². The van der Waals surface area contributed by atoms with Crippen molar-refractivity contribution in [3.8, 4) is 5.75 Å². The van der Waals surface area contributed by atoms with E-state index in [1.54, 1.807) is 0 Å². The van der Waals surface area contributed by atoms with Crippen LogP contribution in [0.15, 0.2) is 24.3 Å².